The first-order chi connectivity index (χ1) is 8.31. The second-order valence-electron chi connectivity index (χ2n) is 4.68. The minimum absolute atomic E-state index is 0.146. The molecule has 2 aromatic rings. The van der Waals surface area contributed by atoms with E-state index >= 15 is 0 Å². The standard InChI is InChI=1S/C14H17FN2/c1-2-16-11-7-4-8-12-13(11)9-5-3-6-10(15)14(9)17-12/h3,5-6,11,16-17H,2,4,7-8H2,1H3. The van der Waals surface area contributed by atoms with E-state index in [-0.39, 0.29) is 5.82 Å². The van der Waals surface area contributed by atoms with E-state index < -0.39 is 0 Å². The van der Waals surface area contributed by atoms with E-state index in [2.05, 4.69) is 17.2 Å². The van der Waals surface area contributed by atoms with Gasteiger partial charge in [0.25, 0.3) is 0 Å². The smallest absolute Gasteiger partial charge is 0.147 e. The average Bonchev–Trinajstić information content (AvgIpc) is 2.71. The lowest BCUT2D eigenvalue weighted by atomic mass is 9.91. The van der Waals surface area contributed by atoms with Gasteiger partial charge in [0.1, 0.15) is 5.82 Å². The van der Waals surface area contributed by atoms with Gasteiger partial charge in [-0.15, -0.1) is 0 Å². The van der Waals surface area contributed by atoms with E-state index in [4.69, 9.17) is 0 Å². The third kappa shape index (κ3) is 1.65. The van der Waals surface area contributed by atoms with Crippen LogP contribution in [0.1, 0.15) is 37.1 Å². The monoisotopic (exact) mass is 232 g/mol. The van der Waals surface area contributed by atoms with E-state index in [0.29, 0.717) is 11.6 Å². The van der Waals surface area contributed by atoms with Crippen molar-refractivity contribution in [2.24, 2.45) is 0 Å². The third-order valence-electron chi connectivity index (χ3n) is 3.62. The van der Waals surface area contributed by atoms with Gasteiger partial charge in [-0.05, 0) is 37.4 Å². The number of aromatic amines is 1. The molecule has 3 heteroatoms. The maximum absolute atomic E-state index is 13.7. The highest BCUT2D eigenvalue weighted by Gasteiger charge is 2.24. The summed E-state index contributed by atoms with van der Waals surface area (Å²) in [5.74, 6) is -0.146. The molecule has 0 bridgehead atoms. The summed E-state index contributed by atoms with van der Waals surface area (Å²) in [7, 11) is 0. The van der Waals surface area contributed by atoms with Gasteiger partial charge in [0, 0.05) is 17.1 Å². The van der Waals surface area contributed by atoms with Gasteiger partial charge >= 0.3 is 0 Å². The van der Waals surface area contributed by atoms with Crippen LogP contribution in [0.4, 0.5) is 4.39 Å². The van der Waals surface area contributed by atoms with Crippen molar-refractivity contribution in [3.05, 3.63) is 35.3 Å². The normalized spacial score (nSPS) is 19.5. The molecule has 2 N–H and O–H groups in total. The average molecular weight is 232 g/mol. The summed E-state index contributed by atoms with van der Waals surface area (Å²) in [6.07, 6.45) is 3.34. The molecule has 0 spiro atoms. The van der Waals surface area contributed by atoms with E-state index in [1.165, 1.54) is 23.7 Å². The number of hydrogen-bond acceptors (Lipinski definition) is 1. The highest BCUT2D eigenvalue weighted by atomic mass is 19.1. The Labute approximate surface area is 100 Å². The van der Waals surface area contributed by atoms with Crippen molar-refractivity contribution >= 4 is 10.9 Å². The van der Waals surface area contributed by atoms with Gasteiger partial charge in [-0.1, -0.05) is 19.1 Å². The second kappa shape index (κ2) is 4.15. The molecule has 0 aliphatic heterocycles. The van der Waals surface area contributed by atoms with Crippen LogP contribution in [0.25, 0.3) is 10.9 Å². The molecule has 2 nitrogen and oxygen atoms in total. The van der Waals surface area contributed by atoms with Crippen molar-refractivity contribution in [1.82, 2.24) is 10.3 Å². The van der Waals surface area contributed by atoms with Gasteiger partial charge in [-0.3, -0.25) is 0 Å². The zero-order valence-corrected chi connectivity index (χ0v) is 10.0. The van der Waals surface area contributed by atoms with Crippen molar-refractivity contribution in [3.63, 3.8) is 0 Å². The van der Waals surface area contributed by atoms with Crippen LogP contribution in [0.5, 0.6) is 0 Å². The predicted molar refractivity (Wildman–Crippen MR) is 67.6 cm³/mol. The van der Waals surface area contributed by atoms with Crippen molar-refractivity contribution in [2.45, 2.75) is 32.2 Å². The minimum atomic E-state index is -0.146. The summed E-state index contributed by atoms with van der Waals surface area (Å²) in [6.45, 7) is 3.07. The van der Waals surface area contributed by atoms with Gasteiger partial charge in [0.05, 0.1) is 5.52 Å². The molecule has 0 saturated carbocycles. The van der Waals surface area contributed by atoms with Crippen LogP contribution in [0.3, 0.4) is 0 Å². The summed E-state index contributed by atoms with van der Waals surface area (Å²) in [6, 6.07) is 5.71. The fourth-order valence-electron chi connectivity index (χ4n) is 2.93. The SMILES string of the molecule is CCNC1CCCc2[nH]c3c(F)cccc3c21. The Balaban J connectivity index is 2.20. The Morgan fingerprint density at radius 2 is 2.35 bits per heavy atom. The summed E-state index contributed by atoms with van der Waals surface area (Å²) in [4.78, 5) is 3.26. The minimum Gasteiger partial charge on any atom is -0.356 e. The summed E-state index contributed by atoms with van der Waals surface area (Å²) in [5.41, 5.74) is 3.16. The second-order valence-corrected chi connectivity index (χ2v) is 4.68. The Hall–Kier alpha value is -1.35. The van der Waals surface area contributed by atoms with Gasteiger partial charge in [0.15, 0.2) is 0 Å². The molecule has 0 radical (unpaired) electrons. The van der Waals surface area contributed by atoms with Crippen LogP contribution in [0, 0.1) is 5.82 Å². The zero-order chi connectivity index (χ0) is 11.8. The predicted octanol–water partition coefficient (Wildman–Crippen LogP) is 3.29. The number of hydrogen-bond donors (Lipinski definition) is 2. The number of fused-ring (bicyclic) bond motifs is 3. The highest BCUT2D eigenvalue weighted by molar-refractivity contribution is 5.86. The van der Waals surface area contributed by atoms with Crippen LogP contribution < -0.4 is 5.32 Å². The maximum atomic E-state index is 13.7. The lowest BCUT2D eigenvalue weighted by Crippen LogP contribution is -2.24. The topological polar surface area (TPSA) is 27.8 Å². The van der Waals surface area contributed by atoms with Crippen LogP contribution in [-0.2, 0) is 6.42 Å². The number of para-hydroxylation sites is 1. The van der Waals surface area contributed by atoms with Crippen molar-refractivity contribution in [2.75, 3.05) is 6.54 Å². The number of aromatic nitrogens is 1. The molecule has 1 unspecified atom stereocenters. The van der Waals surface area contributed by atoms with Gasteiger partial charge < -0.3 is 10.3 Å². The lowest BCUT2D eigenvalue weighted by molar-refractivity contribution is 0.473. The first kappa shape index (κ1) is 10.8. The molecular formula is C14H17FN2. The highest BCUT2D eigenvalue weighted by Crippen LogP contribution is 2.36. The number of nitrogens with one attached hydrogen (secondary N) is 2. The Morgan fingerprint density at radius 3 is 3.18 bits per heavy atom. The van der Waals surface area contributed by atoms with E-state index in [0.717, 1.165) is 24.8 Å². The molecule has 3 rings (SSSR count). The van der Waals surface area contributed by atoms with Crippen LogP contribution >= 0.6 is 0 Å². The molecule has 1 atom stereocenters. The van der Waals surface area contributed by atoms with Crippen molar-refractivity contribution in [3.8, 4) is 0 Å². The summed E-state index contributed by atoms with van der Waals surface area (Å²) >= 11 is 0. The van der Waals surface area contributed by atoms with E-state index in [1.807, 2.05) is 6.07 Å². The number of halogens is 1. The van der Waals surface area contributed by atoms with Crippen LogP contribution in [0.2, 0.25) is 0 Å². The molecule has 0 fully saturated rings. The van der Waals surface area contributed by atoms with E-state index in [1.54, 1.807) is 6.07 Å². The number of rotatable bonds is 2. The molecule has 1 aromatic carbocycles. The first-order valence-electron chi connectivity index (χ1n) is 6.33. The van der Waals surface area contributed by atoms with E-state index in [9.17, 15) is 4.39 Å². The van der Waals surface area contributed by atoms with Crippen LogP contribution in [-0.4, -0.2) is 11.5 Å². The van der Waals surface area contributed by atoms with Crippen LogP contribution in [0.15, 0.2) is 18.2 Å². The molecule has 1 aliphatic carbocycles. The molecular weight excluding hydrogens is 215 g/mol. The Kier molecular flexibility index (Phi) is 2.63. The molecule has 17 heavy (non-hydrogen) atoms. The molecule has 0 amide bonds. The molecule has 1 heterocycles. The largest absolute Gasteiger partial charge is 0.356 e. The molecule has 90 valence electrons. The zero-order valence-electron chi connectivity index (χ0n) is 10.0. The quantitative estimate of drug-likeness (QED) is 0.817. The van der Waals surface area contributed by atoms with Gasteiger partial charge in [-0.25, -0.2) is 4.39 Å². The third-order valence-corrected chi connectivity index (χ3v) is 3.62. The molecule has 1 aliphatic rings. The fraction of sp³-hybridized carbons (Fsp3) is 0.429. The van der Waals surface area contributed by atoms with Gasteiger partial charge in [0.2, 0.25) is 0 Å². The Bertz CT molecular complexity index is 544. The summed E-state index contributed by atoms with van der Waals surface area (Å²) in [5, 5.41) is 4.54. The fourth-order valence-corrected chi connectivity index (χ4v) is 2.93. The maximum Gasteiger partial charge on any atom is 0.147 e. The van der Waals surface area contributed by atoms with Gasteiger partial charge in [-0.2, -0.15) is 0 Å². The summed E-state index contributed by atoms with van der Waals surface area (Å²) < 4.78 is 13.7. The Morgan fingerprint density at radius 1 is 1.47 bits per heavy atom. The van der Waals surface area contributed by atoms with Crippen molar-refractivity contribution < 1.29 is 4.39 Å². The number of benzene rings is 1. The first-order valence-corrected chi connectivity index (χ1v) is 6.33. The number of H-pyrrole nitrogens is 1. The van der Waals surface area contributed by atoms with Crippen molar-refractivity contribution in [1.29, 1.82) is 0 Å². The number of aryl methyl sites for hydroxylation is 1. The molecule has 0 saturated heterocycles. The molecule has 1 aromatic heterocycles. The lowest BCUT2D eigenvalue weighted by Gasteiger charge is -2.23.